The van der Waals surface area contributed by atoms with Gasteiger partial charge in [0.05, 0.1) is 5.69 Å². The molecule has 2 aliphatic rings. The number of aromatic nitrogens is 2. The molecule has 1 saturated heterocycles. The Labute approximate surface area is 94.7 Å². The van der Waals surface area contributed by atoms with E-state index in [1.165, 1.54) is 31.5 Å². The fraction of sp³-hybridized carbons (Fsp3) is 0.667. The van der Waals surface area contributed by atoms with Crippen LogP contribution in [0.5, 0.6) is 0 Å². The van der Waals surface area contributed by atoms with Crippen LogP contribution >= 0.6 is 0 Å². The van der Waals surface area contributed by atoms with Crippen molar-refractivity contribution >= 4 is 0 Å². The summed E-state index contributed by atoms with van der Waals surface area (Å²) in [5.41, 5.74) is 3.37. The van der Waals surface area contributed by atoms with Crippen molar-refractivity contribution in [1.29, 1.82) is 0 Å². The summed E-state index contributed by atoms with van der Waals surface area (Å²) in [6, 6.07) is 0. The number of fused-ring (bicyclic) bond motifs is 1. The number of aromatic amines is 1. The molecule has 3 rings (SSSR count). The van der Waals surface area contributed by atoms with Gasteiger partial charge >= 0.3 is 0 Å². The van der Waals surface area contributed by atoms with E-state index >= 15 is 0 Å². The van der Waals surface area contributed by atoms with Gasteiger partial charge < -0.3 is 0 Å². The van der Waals surface area contributed by atoms with Crippen molar-refractivity contribution in [2.45, 2.75) is 38.6 Å². The van der Waals surface area contributed by atoms with Crippen molar-refractivity contribution in [3.8, 4) is 0 Å². The molecule has 0 atom stereocenters. The van der Waals surface area contributed by atoms with Crippen LogP contribution in [0.3, 0.4) is 0 Å². The summed E-state index contributed by atoms with van der Waals surface area (Å²) >= 11 is 0. The highest BCUT2D eigenvalue weighted by Crippen LogP contribution is 2.22. The van der Waals surface area contributed by atoms with Gasteiger partial charge in [0.2, 0.25) is 0 Å². The maximum atomic E-state index is 11.7. The molecule has 0 radical (unpaired) electrons. The predicted octanol–water partition coefficient (Wildman–Crippen LogP) is 0.854. The van der Waals surface area contributed by atoms with Gasteiger partial charge in [-0.05, 0) is 50.8 Å². The molecule has 0 aromatic carbocycles. The van der Waals surface area contributed by atoms with Crippen LogP contribution in [0.15, 0.2) is 4.79 Å². The van der Waals surface area contributed by atoms with Crippen LogP contribution < -0.4 is 5.56 Å². The first-order chi connectivity index (χ1) is 7.84. The van der Waals surface area contributed by atoms with E-state index < -0.39 is 0 Å². The van der Waals surface area contributed by atoms with Gasteiger partial charge in [-0.3, -0.25) is 9.69 Å². The number of nitrogens with one attached hydrogen (secondary N) is 1. The molecule has 4 nitrogen and oxygen atoms in total. The van der Waals surface area contributed by atoms with E-state index in [-0.39, 0.29) is 5.56 Å². The highest BCUT2D eigenvalue weighted by atomic mass is 16.1. The summed E-state index contributed by atoms with van der Waals surface area (Å²) in [4.78, 5) is 14.0. The lowest BCUT2D eigenvalue weighted by Crippen LogP contribution is -2.37. The second-order valence-corrected chi connectivity index (χ2v) is 4.79. The lowest BCUT2D eigenvalue weighted by Gasteiger charge is -2.31. The number of likely N-dealkylation sites (tertiary alicyclic amines) is 1. The molecule has 2 heterocycles. The van der Waals surface area contributed by atoms with Crippen LogP contribution in [-0.2, 0) is 19.4 Å². The molecule has 0 unspecified atom stereocenters. The van der Waals surface area contributed by atoms with E-state index in [1.54, 1.807) is 0 Å². The molecule has 0 spiro atoms. The van der Waals surface area contributed by atoms with E-state index in [0.717, 1.165) is 37.1 Å². The second-order valence-electron chi connectivity index (χ2n) is 4.79. The average Bonchev–Trinajstić information content (AvgIpc) is 2.26. The Morgan fingerprint density at radius 2 is 1.88 bits per heavy atom. The minimum absolute atomic E-state index is 0.0297. The van der Waals surface area contributed by atoms with Crippen molar-refractivity contribution in [2.75, 3.05) is 13.1 Å². The smallest absolute Gasteiger partial charge is 0.267 e. The summed E-state index contributed by atoms with van der Waals surface area (Å²) in [5.74, 6) is 0. The van der Waals surface area contributed by atoms with Gasteiger partial charge in [-0.15, -0.1) is 0 Å². The van der Waals surface area contributed by atoms with Crippen molar-refractivity contribution in [2.24, 2.45) is 0 Å². The summed E-state index contributed by atoms with van der Waals surface area (Å²) < 4.78 is 0. The lowest BCUT2D eigenvalue weighted by molar-refractivity contribution is 0.169. The maximum Gasteiger partial charge on any atom is 0.267 e. The number of H-pyrrole nitrogens is 1. The largest absolute Gasteiger partial charge is 0.297 e. The highest BCUT2D eigenvalue weighted by molar-refractivity contribution is 5.30. The zero-order valence-electron chi connectivity index (χ0n) is 9.46. The molecular formula is C12H17N3O. The van der Waals surface area contributed by atoms with Crippen LogP contribution in [0.2, 0.25) is 0 Å². The minimum atomic E-state index is 0.0297. The summed E-state index contributed by atoms with van der Waals surface area (Å²) in [5, 5.41) is 6.88. The fourth-order valence-corrected chi connectivity index (χ4v) is 2.61. The normalized spacial score (nSPS) is 20.2. The lowest BCUT2D eigenvalue weighted by atomic mass is 9.91. The zero-order valence-corrected chi connectivity index (χ0v) is 9.46. The van der Waals surface area contributed by atoms with Gasteiger partial charge in [-0.25, -0.2) is 5.10 Å². The van der Waals surface area contributed by atoms with Crippen molar-refractivity contribution in [3.05, 3.63) is 27.2 Å². The molecule has 0 bridgehead atoms. The SMILES string of the molecule is O=c1[nH]nc(CN2CCC2)c2c1CCCC2. The van der Waals surface area contributed by atoms with Crippen LogP contribution in [0, 0.1) is 0 Å². The van der Waals surface area contributed by atoms with Gasteiger partial charge in [0, 0.05) is 12.1 Å². The minimum Gasteiger partial charge on any atom is -0.297 e. The Morgan fingerprint density at radius 3 is 2.56 bits per heavy atom. The second kappa shape index (κ2) is 4.01. The van der Waals surface area contributed by atoms with Crippen LogP contribution in [0.1, 0.15) is 36.1 Å². The quantitative estimate of drug-likeness (QED) is 0.802. The van der Waals surface area contributed by atoms with Gasteiger partial charge in [0.25, 0.3) is 5.56 Å². The van der Waals surface area contributed by atoms with Crippen LogP contribution in [-0.4, -0.2) is 28.2 Å². The van der Waals surface area contributed by atoms with E-state index in [4.69, 9.17) is 0 Å². The number of hydrogen-bond donors (Lipinski definition) is 1. The molecular weight excluding hydrogens is 202 g/mol. The molecule has 1 aromatic rings. The molecule has 1 fully saturated rings. The zero-order chi connectivity index (χ0) is 11.0. The summed E-state index contributed by atoms with van der Waals surface area (Å²) in [6.45, 7) is 3.27. The topological polar surface area (TPSA) is 49.0 Å². The summed E-state index contributed by atoms with van der Waals surface area (Å²) in [7, 11) is 0. The Balaban J connectivity index is 1.94. The number of nitrogens with zero attached hydrogens (tertiary/aromatic N) is 2. The Kier molecular flexibility index (Phi) is 2.52. The van der Waals surface area contributed by atoms with Gasteiger partial charge in [0.15, 0.2) is 0 Å². The molecule has 86 valence electrons. The first-order valence-electron chi connectivity index (χ1n) is 6.16. The van der Waals surface area contributed by atoms with Gasteiger partial charge in [0.1, 0.15) is 0 Å². The monoisotopic (exact) mass is 219 g/mol. The molecule has 1 aromatic heterocycles. The first kappa shape index (κ1) is 10.0. The molecule has 1 aliphatic carbocycles. The van der Waals surface area contributed by atoms with E-state index in [2.05, 4.69) is 15.1 Å². The Morgan fingerprint density at radius 1 is 1.12 bits per heavy atom. The Bertz CT molecular complexity index is 448. The van der Waals surface area contributed by atoms with Crippen molar-refractivity contribution in [3.63, 3.8) is 0 Å². The third kappa shape index (κ3) is 1.67. The van der Waals surface area contributed by atoms with Crippen LogP contribution in [0.4, 0.5) is 0 Å². The molecule has 1 aliphatic heterocycles. The van der Waals surface area contributed by atoms with Gasteiger partial charge in [-0.1, -0.05) is 0 Å². The number of hydrogen-bond acceptors (Lipinski definition) is 3. The standard InChI is InChI=1S/C12H17N3O/c16-12-10-5-2-1-4-9(10)11(13-14-12)8-15-6-3-7-15/h1-8H2,(H,14,16). The van der Waals surface area contributed by atoms with E-state index in [0.29, 0.717) is 0 Å². The van der Waals surface area contributed by atoms with E-state index in [9.17, 15) is 4.79 Å². The average molecular weight is 219 g/mol. The predicted molar refractivity (Wildman–Crippen MR) is 61.4 cm³/mol. The van der Waals surface area contributed by atoms with Gasteiger partial charge in [-0.2, -0.15) is 5.10 Å². The maximum absolute atomic E-state index is 11.7. The molecule has 0 amide bonds. The van der Waals surface area contributed by atoms with E-state index in [1.807, 2.05) is 0 Å². The van der Waals surface area contributed by atoms with Crippen LogP contribution in [0.25, 0.3) is 0 Å². The third-order valence-electron chi connectivity index (χ3n) is 3.70. The molecule has 0 saturated carbocycles. The first-order valence-corrected chi connectivity index (χ1v) is 6.16. The highest BCUT2D eigenvalue weighted by Gasteiger charge is 2.21. The Hall–Kier alpha value is -1.16. The molecule has 1 N–H and O–H groups in total. The third-order valence-corrected chi connectivity index (χ3v) is 3.70. The van der Waals surface area contributed by atoms with Crippen molar-refractivity contribution in [1.82, 2.24) is 15.1 Å². The summed E-state index contributed by atoms with van der Waals surface area (Å²) in [6.07, 6.45) is 5.61. The van der Waals surface area contributed by atoms with Crippen molar-refractivity contribution < 1.29 is 0 Å². The number of rotatable bonds is 2. The molecule has 4 heteroatoms. The fourth-order valence-electron chi connectivity index (χ4n) is 2.61. The molecule has 16 heavy (non-hydrogen) atoms.